The van der Waals surface area contributed by atoms with Gasteiger partial charge in [-0.25, -0.2) is 0 Å². The van der Waals surface area contributed by atoms with Gasteiger partial charge in [0.15, 0.2) is 0 Å². The Kier molecular flexibility index (Phi) is 4.63. The quantitative estimate of drug-likeness (QED) is 0.780. The van der Waals surface area contributed by atoms with Crippen molar-refractivity contribution in [2.24, 2.45) is 5.92 Å². The summed E-state index contributed by atoms with van der Waals surface area (Å²) in [5.41, 5.74) is 0. The Bertz CT molecular complexity index is 241. The second-order valence-electron chi connectivity index (χ2n) is 4.16. The predicted octanol–water partition coefficient (Wildman–Crippen LogP) is 3.83. The van der Waals surface area contributed by atoms with E-state index >= 15 is 0 Å². The van der Waals surface area contributed by atoms with E-state index in [0.29, 0.717) is 18.0 Å². The molecule has 0 saturated heterocycles. The maximum absolute atomic E-state index is 3.68. The molecule has 0 aromatic carbocycles. The van der Waals surface area contributed by atoms with Crippen LogP contribution < -0.4 is 5.32 Å². The van der Waals surface area contributed by atoms with Gasteiger partial charge in [0.25, 0.3) is 0 Å². The van der Waals surface area contributed by atoms with Gasteiger partial charge in [-0.1, -0.05) is 26.8 Å². The van der Waals surface area contributed by atoms with Crippen molar-refractivity contribution in [1.82, 2.24) is 5.32 Å². The van der Waals surface area contributed by atoms with Crippen molar-refractivity contribution in [2.45, 2.75) is 46.2 Å². The predicted molar refractivity (Wildman–Crippen MR) is 64.8 cm³/mol. The van der Waals surface area contributed by atoms with Crippen LogP contribution >= 0.6 is 11.3 Å². The third-order valence-corrected chi connectivity index (χ3v) is 3.73. The van der Waals surface area contributed by atoms with Gasteiger partial charge in [0, 0.05) is 17.0 Å². The standard InChI is InChI=1S/C12H21NS/c1-5-11(9(2)3)13-10(4)12-7-6-8-14-12/h6-11,13H,5H2,1-4H3/t10-,11?/m1/s1. The van der Waals surface area contributed by atoms with E-state index < -0.39 is 0 Å². The summed E-state index contributed by atoms with van der Waals surface area (Å²) < 4.78 is 0. The number of rotatable bonds is 5. The first-order chi connectivity index (χ1) is 6.65. The van der Waals surface area contributed by atoms with E-state index in [1.54, 1.807) is 0 Å². The molecule has 0 saturated carbocycles. The summed E-state index contributed by atoms with van der Waals surface area (Å²) in [6.07, 6.45) is 1.20. The lowest BCUT2D eigenvalue weighted by atomic mass is 10.0. The maximum atomic E-state index is 3.68. The lowest BCUT2D eigenvalue weighted by Gasteiger charge is -2.24. The molecule has 1 aromatic rings. The minimum atomic E-state index is 0.488. The van der Waals surface area contributed by atoms with Crippen molar-refractivity contribution in [3.63, 3.8) is 0 Å². The Balaban J connectivity index is 2.51. The van der Waals surface area contributed by atoms with Crippen LogP contribution in [-0.4, -0.2) is 6.04 Å². The zero-order valence-electron chi connectivity index (χ0n) is 9.58. The molecule has 0 spiro atoms. The second-order valence-corrected chi connectivity index (χ2v) is 5.14. The minimum absolute atomic E-state index is 0.488. The van der Waals surface area contributed by atoms with Gasteiger partial charge in [-0.3, -0.25) is 0 Å². The van der Waals surface area contributed by atoms with Crippen LogP contribution in [0.3, 0.4) is 0 Å². The molecule has 80 valence electrons. The fourth-order valence-electron chi connectivity index (χ4n) is 1.72. The van der Waals surface area contributed by atoms with Crippen molar-refractivity contribution < 1.29 is 0 Å². The Labute approximate surface area is 91.5 Å². The molecule has 0 aliphatic heterocycles. The molecule has 0 fully saturated rings. The SMILES string of the molecule is CCC(N[C@H](C)c1cccs1)C(C)C. The highest BCUT2D eigenvalue weighted by Gasteiger charge is 2.14. The normalized spacial score (nSPS) is 15.8. The van der Waals surface area contributed by atoms with Crippen LogP contribution in [0.2, 0.25) is 0 Å². The Morgan fingerprint density at radius 3 is 2.50 bits per heavy atom. The van der Waals surface area contributed by atoms with Crippen LogP contribution in [0.4, 0.5) is 0 Å². The monoisotopic (exact) mass is 211 g/mol. The summed E-state index contributed by atoms with van der Waals surface area (Å²) >= 11 is 1.83. The van der Waals surface area contributed by atoms with Crippen LogP contribution in [0.15, 0.2) is 17.5 Å². The first-order valence-electron chi connectivity index (χ1n) is 5.44. The molecule has 2 heteroatoms. The van der Waals surface area contributed by atoms with Crippen LogP contribution in [0.5, 0.6) is 0 Å². The molecule has 1 N–H and O–H groups in total. The highest BCUT2D eigenvalue weighted by molar-refractivity contribution is 7.10. The zero-order chi connectivity index (χ0) is 10.6. The van der Waals surface area contributed by atoms with Crippen molar-refractivity contribution in [2.75, 3.05) is 0 Å². The van der Waals surface area contributed by atoms with Gasteiger partial charge in [0.2, 0.25) is 0 Å². The molecule has 0 radical (unpaired) electrons. The van der Waals surface area contributed by atoms with E-state index in [1.807, 2.05) is 11.3 Å². The number of hydrogen-bond donors (Lipinski definition) is 1. The molecule has 0 aliphatic rings. The molecule has 0 aliphatic carbocycles. The molecular weight excluding hydrogens is 190 g/mol. The molecule has 2 atom stereocenters. The lowest BCUT2D eigenvalue weighted by molar-refractivity contribution is 0.358. The Hall–Kier alpha value is -0.340. The van der Waals surface area contributed by atoms with E-state index in [0.717, 1.165) is 0 Å². The molecule has 0 bridgehead atoms. The molecule has 1 aromatic heterocycles. The average molecular weight is 211 g/mol. The van der Waals surface area contributed by atoms with Gasteiger partial charge >= 0.3 is 0 Å². The van der Waals surface area contributed by atoms with Crippen molar-refractivity contribution in [3.05, 3.63) is 22.4 Å². The highest BCUT2D eigenvalue weighted by Crippen LogP contribution is 2.20. The summed E-state index contributed by atoms with van der Waals surface area (Å²) in [7, 11) is 0. The summed E-state index contributed by atoms with van der Waals surface area (Å²) in [5.74, 6) is 0.711. The van der Waals surface area contributed by atoms with E-state index in [1.165, 1.54) is 11.3 Å². The van der Waals surface area contributed by atoms with Gasteiger partial charge in [-0.2, -0.15) is 0 Å². The second kappa shape index (κ2) is 5.52. The number of hydrogen-bond acceptors (Lipinski definition) is 2. The van der Waals surface area contributed by atoms with Gasteiger partial charge in [0.1, 0.15) is 0 Å². The van der Waals surface area contributed by atoms with Crippen molar-refractivity contribution in [3.8, 4) is 0 Å². The van der Waals surface area contributed by atoms with Gasteiger partial charge in [-0.05, 0) is 30.7 Å². The van der Waals surface area contributed by atoms with Gasteiger partial charge in [-0.15, -0.1) is 11.3 Å². The lowest BCUT2D eigenvalue weighted by Crippen LogP contribution is -2.34. The summed E-state index contributed by atoms with van der Waals surface area (Å²) in [6.45, 7) is 9.06. The van der Waals surface area contributed by atoms with Gasteiger partial charge in [0.05, 0.1) is 0 Å². The first-order valence-corrected chi connectivity index (χ1v) is 6.32. The highest BCUT2D eigenvalue weighted by atomic mass is 32.1. The maximum Gasteiger partial charge on any atom is 0.0388 e. The number of thiophene rings is 1. The summed E-state index contributed by atoms with van der Waals surface area (Å²) in [6, 6.07) is 5.44. The molecule has 1 heterocycles. The first kappa shape index (κ1) is 11.7. The third-order valence-electron chi connectivity index (χ3n) is 2.68. The minimum Gasteiger partial charge on any atom is -0.306 e. The van der Waals surface area contributed by atoms with Crippen LogP contribution in [0, 0.1) is 5.92 Å². The molecule has 14 heavy (non-hydrogen) atoms. The number of nitrogens with one attached hydrogen (secondary N) is 1. The molecule has 1 unspecified atom stereocenters. The zero-order valence-corrected chi connectivity index (χ0v) is 10.4. The van der Waals surface area contributed by atoms with E-state index in [2.05, 4.69) is 50.5 Å². The molecule has 1 rings (SSSR count). The van der Waals surface area contributed by atoms with E-state index in [-0.39, 0.29) is 0 Å². The topological polar surface area (TPSA) is 12.0 Å². The average Bonchev–Trinajstić information content (AvgIpc) is 2.65. The largest absolute Gasteiger partial charge is 0.306 e. The summed E-state index contributed by atoms with van der Waals surface area (Å²) in [5, 5.41) is 5.82. The molecular formula is C12H21NS. The Morgan fingerprint density at radius 1 is 1.36 bits per heavy atom. The van der Waals surface area contributed by atoms with E-state index in [4.69, 9.17) is 0 Å². The van der Waals surface area contributed by atoms with E-state index in [9.17, 15) is 0 Å². The van der Waals surface area contributed by atoms with Crippen LogP contribution in [0.25, 0.3) is 0 Å². The Morgan fingerprint density at radius 2 is 2.07 bits per heavy atom. The molecule has 1 nitrogen and oxygen atoms in total. The van der Waals surface area contributed by atoms with Crippen LogP contribution in [-0.2, 0) is 0 Å². The van der Waals surface area contributed by atoms with Crippen molar-refractivity contribution in [1.29, 1.82) is 0 Å². The van der Waals surface area contributed by atoms with Gasteiger partial charge < -0.3 is 5.32 Å². The third kappa shape index (κ3) is 3.10. The van der Waals surface area contributed by atoms with Crippen molar-refractivity contribution >= 4 is 11.3 Å². The smallest absolute Gasteiger partial charge is 0.0388 e. The summed E-state index contributed by atoms with van der Waals surface area (Å²) in [4.78, 5) is 1.43. The van der Waals surface area contributed by atoms with Crippen LogP contribution in [0.1, 0.15) is 45.0 Å². The molecule has 0 amide bonds. The fraction of sp³-hybridized carbons (Fsp3) is 0.667. The fourth-order valence-corrected chi connectivity index (χ4v) is 2.47.